The summed E-state index contributed by atoms with van der Waals surface area (Å²) in [6.07, 6.45) is 2.02. The summed E-state index contributed by atoms with van der Waals surface area (Å²) >= 11 is 0. The zero-order chi connectivity index (χ0) is 15.0. The van der Waals surface area contributed by atoms with Gasteiger partial charge >= 0.3 is 5.69 Å². The average Bonchev–Trinajstić information content (AvgIpc) is 3.11. The number of likely N-dealkylation sites (tertiary alicyclic amines) is 1. The number of ether oxygens (including phenoxy) is 1. The van der Waals surface area contributed by atoms with Crippen LogP contribution in [0.4, 0.5) is 0 Å². The van der Waals surface area contributed by atoms with Crippen molar-refractivity contribution in [2.75, 3.05) is 19.6 Å². The van der Waals surface area contributed by atoms with Gasteiger partial charge in [0.2, 0.25) is 0 Å². The van der Waals surface area contributed by atoms with E-state index in [1.807, 2.05) is 6.07 Å². The Labute approximate surface area is 128 Å². The number of benzene rings is 1. The Balaban J connectivity index is 1.40. The Morgan fingerprint density at radius 2 is 2.14 bits per heavy atom. The van der Waals surface area contributed by atoms with Crippen LogP contribution in [0.5, 0.6) is 0 Å². The first-order valence-corrected chi connectivity index (χ1v) is 7.78. The standard InChI is InChI=1S/C16H20N4O2/c21-15-18-17-14-10-22-16(12-20(14)15)7-9-19(11-16)8-6-13-4-2-1-3-5-13/h1-5H,6-12H2,(H,18,21). The molecule has 1 aromatic heterocycles. The quantitative estimate of drug-likeness (QED) is 0.910. The van der Waals surface area contributed by atoms with Crippen LogP contribution in [0.3, 0.4) is 0 Å². The maximum atomic E-state index is 11.8. The van der Waals surface area contributed by atoms with E-state index in [1.165, 1.54) is 5.56 Å². The van der Waals surface area contributed by atoms with Crippen molar-refractivity contribution < 1.29 is 4.74 Å². The molecule has 0 aliphatic carbocycles. The largest absolute Gasteiger partial charge is 0.364 e. The SMILES string of the molecule is O=c1[nH]nc2n1CC1(CCN(CCc3ccccc3)C1)OC2. The number of aromatic amines is 1. The Morgan fingerprint density at radius 1 is 1.27 bits per heavy atom. The van der Waals surface area contributed by atoms with Gasteiger partial charge in [-0.15, -0.1) is 0 Å². The number of nitrogens with one attached hydrogen (secondary N) is 1. The van der Waals surface area contributed by atoms with Crippen LogP contribution in [0.25, 0.3) is 0 Å². The van der Waals surface area contributed by atoms with Crippen molar-refractivity contribution in [2.45, 2.75) is 31.6 Å². The summed E-state index contributed by atoms with van der Waals surface area (Å²) in [7, 11) is 0. The van der Waals surface area contributed by atoms with Gasteiger partial charge in [-0.2, -0.15) is 5.10 Å². The second-order valence-corrected chi connectivity index (χ2v) is 6.26. The van der Waals surface area contributed by atoms with Gasteiger partial charge in [-0.05, 0) is 18.4 Å². The highest BCUT2D eigenvalue weighted by atomic mass is 16.5. The van der Waals surface area contributed by atoms with E-state index in [0.717, 1.165) is 32.5 Å². The average molecular weight is 300 g/mol. The Hall–Kier alpha value is -1.92. The zero-order valence-corrected chi connectivity index (χ0v) is 12.5. The van der Waals surface area contributed by atoms with Gasteiger partial charge in [-0.25, -0.2) is 9.89 Å². The molecule has 6 nitrogen and oxygen atoms in total. The monoisotopic (exact) mass is 300 g/mol. The second kappa shape index (κ2) is 5.37. The van der Waals surface area contributed by atoms with E-state index in [4.69, 9.17) is 4.74 Å². The van der Waals surface area contributed by atoms with E-state index >= 15 is 0 Å². The second-order valence-electron chi connectivity index (χ2n) is 6.26. The van der Waals surface area contributed by atoms with Crippen molar-refractivity contribution in [3.8, 4) is 0 Å². The molecule has 2 aromatic rings. The predicted molar refractivity (Wildman–Crippen MR) is 81.6 cm³/mol. The maximum absolute atomic E-state index is 11.8. The minimum atomic E-state index is -0.225. The molecule has 1 unspecified atom stereocenters. The molecule has 116 valence electrons. The Bertz CT molecular complexity index is 708. The molecule has 0 saturated carbocycles. The van der Waals surface area contributed by atoms with E-state index in [1.54, 1.807) is 4.57 Å². The number of nitrogens with zero attached hydrogens (tertiary/aromatic N) is 3. The number of aromatic nitrogens is 3. The number of H-pyrrole nitrogens is 1. The third-order valence-electron chi connectivity index (χ3n) is 4.75. The molecule has 2 aliphatic rings. The lowest BCUT2D eigenvalue weighted by Gasteiger charge is -2.33. The molecule has 22 heavy (non-hydrogen) atoms. The maximum Gasteiger partial charge on any atom is 0.343 e. The predicted octanol–water partition coefficient (Wildman–Crippen LogP) is 0.789. The molecule has 1 saturated heterocycles. The number of rotatable bonds is 3. The van der Waals surface area contributed by atoms with Gasteiger partial charge in [0.25, 0.3) is 0 Å². The summed E-state index contributed by atoms with van der Waals surface area (Å²) in [4.78, 5) is 14.2. The first-order chi connectivity index (χ1) is 10.7. The third-order valence-corrected chi connectivity index (χ3v) is 4.75. The molecule has 6 heteroatoms. The van der Waals surface area contributed by atoms with Crippen molar-refractivity contribution in [2.24, 2.45) is 0 Å². The fourth-order valence-electron chi connectivity index (χ4n) is 3.47. The molecule has 1 N–H and O–H groups in total. The van der Waals surface area contributed by atoms with Crippen molar-refractivity contribution >= 4 is 0 Å². The van der Waals surface area contributed by atoms with Gasteiger partial charge in [-0.1, -0.05) is 30.3 Å². The van der Waals surface area contributed by atoms with Crippen molar-refractivity contribution in [3.05, 3.63) is 52.2 Å². The van der Waals surface area contributed by atoms with Gasteiger partial charge in [0.05, 0.1) is 6.54 Å². The number of hydrogen-bond donors (Lipinski definition) is 1. The molecule has 1 aromatic carbocycles. The third kappa shape index (κ3) is 2.48. The molecular formula is C16H20N4O2. The van der Waals surface area contributed by atoms with E-state index in [-0.39, 0.29) is 11.3 Å². The summed E-state index contributed by atoms with van der Waals surface area (Å²) in [5, 5.41) is 6.50. The molecule has 0 radical (unpaired) electrons. The lowest BCUT2D eigenvalue weighted by Crippen LogP contribution is -2.46. The van der Waals surface area contributed by atoms with Crippen LogP contribution in [0.15, 0.2) is 35.1 Å². The Kier molecular flexibility index (Phi) is 3.35. The summed E-state index contributed by atoms with van der Waals surface area (Å²) in [6, 6.07) is 10.5. The van der Waals surface area contributed by atoms with E-state index < -0.39 is 0 Å². The van der Waals surface area contributed by atoms with E-state index in [9.17, 15) is 4.79 Å². The van der Waals surface area contributed by atoms with Crippen LogP contribution in [0.2, 0.25) is 0 Å². The molecule has 4 rings (SSSR count). The van der Waals surface area contributed by atoms with Gasteiger partial charge in [0.1, 0.15) is 12.2 Å². The molecule has 3 heterocycles. The minimum absolute atomic E-state index is 0.125. The van der Waals surface area contributed by atoms with Gasteiger partial charge in [0, 0.05) is 19.6 Å². The van der Waals surface area contributed by atoms with Gasteiger partial charge in [0.15, 0.2) is 5.82 Å². The van der Waals surface area contributed by atoms with Crippen molar-refractivity contribution in [3.63, 3.8) is 0 Å². The summed E-state index contributed by atoms with van der Waals surface area (Å²) in [6.45, 7) is 3.97. The molecule has 2 aliphatic heterocycles. The topological polar surface area (TPSA) is 63.2 Å². The normalized spacial score (nSPS) is 24.7. The molecule has 1 spiro atoms. The van der Waals surface area contributed by atoms with Crippen LogP contribution < -0.4 is 5.69 Å². The van der Waals surface area contributed by atoms with E-state index in [2.05, 4.69) is 39.4 Å². The Morgan fingerprint density at radius 3 is 3.00 bits per heavy atom. The van der Waals surface area contributed by atoms with Gasteiger partial charge in [-0.3, -0.25) is 9.47 Å². The molecule has 1 fully saturated rings. The number of fused-ring (bicyclic) bond motifs is 1. The highest BCUT2D eigenvalue weighted by Gasteiger charge is 2.42. The van der Waals surface area contributed by atoms with Gasteiger partial charge < -0.3 is 4.74 Å². The minimum Gasteiger partial charge on any atom is -0.364 e. The zero-order valence-electron chi connectivity index (χ0n) is 12.5. The fraction of sp³-hybridized carbons (Fsp3) is 0.500. The summed E-state index contributed by atoms with van der Waals surface area (Å²) in [5.74, 6) is 0.707. The first-order valence-electron chi connectivity index (χ1n) is 7.78. The molecule has 0 amide bonds. The number of hydrogen-bond acceptors (Lipinski definition) is 4. The van der Waals surface area contributed by atoms with Crippen LogP contribution in [-0.2, 0) is 24.3 Å². The lowest BCUT2D eigenvalue weighted by atomic mass is 10.0. The van der Waals surface area contributed by atoms with Crippen LogP contribution in [0.1, 0.15) is 17.8 Å². The van der Waals surface area contributed by atoms with Crippen LogP contribution in [0, 0.1) is 0 Å². The fourth-order valence-corrected chi connectivity index (χ4v) is 3.47. The van der Waals surface area contributed by atoms with Crippen LogP contribution in [-0.4, -0.2) is 44.9 Å². The highest BCUT2D eigenvalue weighted by Crippen LogP contribution is 2.31. The highest BCUT2D eigenvalue weighted by molar-refractivity contribution is 5.15. The van der Waals surface area contributed by atoms with Crippen molar-refractivity contribution in [1.82, 2.24) is 19.7 Å². The molecule has 1 atom stereocenters. The summed E-state index contributed by atoms with van der Waals surface area (Å²) < 4.78 is 7.79. The summed E-state index contributed by atoms with van der Waals surface area (Å²) in [5.41, 5.74) is 1.01. The van der Waals surface area contributed by atoms with Crippen LogP contribution >= 0.6 is 0 Å². The molecule has 0 bridgehead atoms. The smallest absolute Gasteiger partial charge is 0.343 e. The van der Waals surface area contributed by atoms with E-state index in [0.29, 0.717) is 19.0 Å². The first kappa shape index (κ1) is 13.7. The molecular weight excluding hydrogens is 280 g/mol. The lowest BCUT2D eigenvalue weighted by molar-refractivity contribution is -0.0828. The van der Waals surface area contributed by atoms with Crippen molar-refractivity contribution in [1.29, 1.82) is 0 Å².